The zero-order valence-corrected chi connectivity index (χ0v) is 13.5. The molecule has 0 saturated heterocycles. The topological polar surface area (TPSA) is 476 Å². The maximum Gasteiger partial charge on any atom is 0.353 e. The summed E-state index contributed by atoms with van der Waals surface area (Å²) in [5.74, 6) is -1.59. The zero-order valence-electron chi connectivity index (χ0n) is 11.6. The van der Waals surface area contributed by atoms with E-state index in [1.54, 1.807) is 0 Å². The van der Waals surface area contributed by atoms with Gasteiger partial charge in [-0.15, -0.1) is 0 Å². The minimum atomic E-state index is -4.30. The molecule has 162 valence electrons. The Labute approximate surface area is 130 Å². The molecule has 0 fully saturated rings. The van der Waals surface area contributed by atoms with Crippen molar-refractivity contribution in [1.82, 2.24) is 0 Å². The van der Waals surface area contributed by atoms with Crippen LogP contribution in [-0.4, -0.2) is 91.8 Å². The van der Waals surface area contributed by atoms with Gasteiger partial charge in [-0.1, -0.05) is 0 Å². The smallest absolute Gasteiger partial charge is 0.353 e. The quantitative estimate of drug-likeness (QED) is 0.239. The molecule has 0 amide bonds. The van der Waals surface area contributed by atoms with Crippen LogP contribution in [0.3, 0.4) is 0 Å². The summed E-state index contributed by atoms with van der Waals surface area (Å²) in [6.07, 6.45) is -0.0652. The van der Waals surface area contributed by atoms with Crippen LogP contribution in [-0.2, 0) is 9.13 Å². The molecule has 18 nitrogen and oxygen atoms in total. The Morgan fingerprint density at radius 3 is 1.04 bits per heavy atom. The van der Waals surface area contributed by atoms with E-state index in [1.807, 2.05) is 0 Å². The molecule has 23 heavy (non-hydrogen) atoms. The summed E-state index contributed by atoms with van der Waals surface area (Å²) < 4.78 is 18.9. The Kier molecular flexibility index (Phi) is 200. The lowest BCUT2D eigenvalue weighted by molar-refractivity contribution is 0.196. The average Bonchev–Trinajstić information content (AvgIpc) is 1.84. The molecule has 0 spiro atoms. The molecule has 27 N–H and O–H groups in total. The van der Waals surface area contributed by atoms with Crippen molar-refractivity contribution in [3.05, 3.63) is 0 Å². The van der Waals surface area contributed by atoms with Gasteiger partial charge in [0.25, 0.3) is 0 Å². The van der Waals surface area contributed by atoms with E-state index in [4.69, 9.17) is 35.0 Å². The van der Waals surface area contributed by atoms with Crippen LogP contribution < -0.4 is 5.73 Å². The highest BCUT2D eigenvalue weighted by molar-refractivity contribution is 7.52. The molecule has 0 radical (unpaired) electrons. The second kappa shape index (κ2) is 49.5. The van der Waals surface area contributed by atoms with Crippen molar-refractivity contribution in [2.45, 2.75) is 12.3 Å². The number of hydrogen-bond donors (Lipinski definition) is 6. The van der Waals surface area contributed by atoms with Crippen LogP contribution >= 0.6 is 15.9 Å². The minimum Gasteiger partial charge on any atom is -0.412 e. The SMILES string of the molecule is NCCC(O)P(=O)(O)O.O.O.O.O.O.O.O.O.O.O.O=[PH](O)O. The van der Waals surface area contributed by atoms with Crippen molar-refractivity contribution < 1.29 is 88.6 Å². The molecule has 1 atom stereocenters. The van der Waals surface area contributed by atoms with Crippen LogP contribution in [0, 0.1) is 0 Å². The summed E-state index contributed by atoms with van der Waals surface area (Å²) >= 11 is 0. The van der Waals surface area contributed by atoms with E-state index < -0.39 is 21.7 Å². The molecular weight excluding hydrogens is 384 g/mol. The number of hydrogen-bond acceptors (Lipinski definition) is 4. The van der Waals surface area contributed by atoms with Crippen molar-refractivity contribution in [1.29, 1.82) is 0 Å². The summed E-state index contributed by atoms with van der Waals surface area (Å²) in [4.78, 5) is 30.8. The molecule has 0 bridgehead atoms. The van der Waals surface area contributed by atoms with E-state index in [2.05, 4.69) is 0 Å². The Bertz CT molecular complexity index is 192. The number of nitrogens with two attached hydrogens (primary N) is 1. The molecule has 0 aliphatic carbocycles. The third kappa shape index (κ3) is 110. The van der Waals surface area contributed by atoms with Gasteiger partial charge in [0, 0.05) is 0 Å². The standard InChI is InChI=1S/C3H10NO4P.H3O3P.10H2O/c4-2-1-3(5)9(6,7)8;1-4(2)3;;;;;;;;;;/h3,5H,1-2,4H2,(H2,6,7,8);4H,(H2,1,2,3);10*1H2. The van der Waals surface area contributed by atoms with Gasteiger partial charge >= 0.3 is 15.9 Å². The number of aliphatic hydroxyl groups excluding tert-OH is 1. The van der Waals surface area contributed by atoms with Gasteiger partial charge in [-0.3, -0.25) is 9.13 Å². The molecule has 0 aliphatic rings. The van der Waals surface area contributed by atoms with Crippen LogP contribution in [0.5, 0.6) is 0 Å². The lowest BCUT2D eigenvalue weighted by atomic mass is 10.5. The van der Waals surface area contributed by atoms with Crippen LogP contribution in [0.15, 0.2) is 0 Å². The van der Waals surface area contributed by atoms with Crippen LogP contribution in [0.4, 0.5) is 0 Å². The van der Waals surface area contributed by atoms with Gasteiger partial charge in [0.2, 0.25) is 0 Å². The van der Waals surface area contributed by atoms with Crippen molar-refractivity contribution in [2.24, 2.45) is 5.73 Å². The normalized spacial score (nSPS) is 7.61. The highest BCUT2D eigenvalue weighted by atomic mass is 31.2. The molecule has 0 aromatic carbocycles. The lowest BCUT2D eigenvalue weighted by Gasteiger charge is -2.09. The highest BCUT2D eigenvalue weighted by Crippen LogP contribution is 2.40. The summed E-state index contributed by atoms with van der Waals surface area (Å²) in [6, 6.07) is 0. The van der Waals surface area contributed by atoms with Crippen LogP contribution in [0.1, 0.15) is 6.42 Å². The molecule has 0 heterocycles. The van der Waals surface area contributed by atoms with E-state index in [0.29, 0.717) is 0 Å². The number of rotatable bonds is 3. The maximum absolute atomic E-state index is 10.1. The molecule has 0 aromatic rings. The van der Waals surface area contributed by atoms with Gasteiger partial charge < -0.3 is 85.2 Å². The van der Waals surface area contributed by atoms with Crippen LogP contribution in [0.25, 0.3) is 0 Å². The fourth-order valence-electron chi connectivity index (χ4n) is 0.317. The van der Waals surface area contributed by atoms with E-state index in [0.717, 1.165) is 0 Å². The zero-order chi connectivity index (χ0) is 11.1. The fourth-order valence-corrected chi connectivity index (χ4v) is 0.803. The van der Waals surface area contributed by atoms with Crippen molar-refractivity contribution >= 4 is 15.9 Å². The van der Waals surface area contributed by atoms with Gasteiger partial charge in [0.1, 0.15) is 0 Å². The Hall–Kier alpha value is -0.180. The van der Waals surface area contributed by atoms with Crippen molar-refractivity contribution in [3.63, 3.8) is 0 Å². The Morgan fingerprint density at radius 1 is 0.826 bits per heavy atom. The number of aliphatic hydroxyl groups is 1. The molecule has 0 rings (SSSR count). The van der Waals surface area contributed by atoms with E-state index >= 15 is 0 Å². The Balaban J connectivity index is -0.00000000802. The fraction of sp³-hybridized carbons (Fsp3) is 1.00. The summed E-state index contributed by atoms with van der Waals surface area (Å²) in [5, 5.41) is 8.54. The molecule has 0 aliphatic heterocycles. The first-order valence-electron chi connectivity index (χ1n) is 3.07. The third-order valence-electron chi connectivity index (χ3n) is 0.813. The molecule has 1 unspecified atom stereocenters. The third-order valence-corrected chi connectivity index (χ3v) is 1.85. The van der Waals surface area contributed by atoms with E-state index in [9.17, 15) is 4.57 Å². The van der Waals surface area contributed by atoms with Crippen molar-refractivity contribution in [3.8, 4) is 0 Å². The van der Waals surface area contributed by atoms with Crippen molar-refractivity contribution in [2.75, 3.05) is 6.54 Å². The monoisotopic (exact) mass is 417 g/mol. The minimum absolute atomic E-state index is 0. The first kappa shape index (κ1) is 92.8. The summed E-state index contributed by atoms with van der Waals surface area (Å²) in [5.41, 5.74) is 4.92. The lowest BCUT2D eigenvalue weighted by Crippen LogP contribution is -2.13. The van der Waals surface area contributed by atoms with Gasteiger partial charge in [0.15, 0.2) is 5.85 Å². The second-order valence-corrected chi connectivity index (χ2v) is 4.27. The summed E-state index contributed by atoms with van der Waals surface area (Å²) in [6.45, 7) is 0.0757. The van der Waals surface area contributed by atoms with Gasteiger partial charge in [-0.05, 0) is 13.0 Å². The van der Waals surface area contributed by atoms with Crippen LogP contribution in [0.2, 0.25) is 0 Å². The Morgan fingerprint density at radius 2 is 1.00 bits per heavy atom. The van der Waals surface area contributed by atoms with E-state index in [-0.39, 0.29) is 67.7 Å². The molecule has 0 aromatic heterocycles. The first-order chi connectivity index (χ1) is 5.71. The van der Waals surface area contributed by atoms with Gasteiger partial charge in [-0.2, -0.15) is 0 Å². The highest BCUT2D eigenvalue weighted by Gasteiger charge is 2.24. The molecule has 0 saturated carbocycles. The predicted octanol–water partition coefficient (Wildman–Crippen LogP) is -10.1. The maximum atomic E-state index is 10.1. The second-order valence-electron chi connectivity index (χ2n) is 1.93. The largest absolute Gasteiger partial charge is 0.412 e. The molecule has 20 heteroatoms. The van der Waals surface area contributed by atoms with Gasteiger partial charge in [-0.25, -0.2) is 0 Å². The average molecular weight is 417 g/mol. The van der Waals surface area contributed by atoms with E-state index in [1.165, 1.54) is 0 Å². The summed E-state index contributed by atoms with van der Waals surface area (Å²) in [7, 11) is -7.43. The predicted molar refractivity (Wildman–Crippen MR) is 81.3 cm³/mol. The molecular formula is C3H33NO17P2. The van der Waals surface area contributed by atoms with Gasteiger partial charge in [0.05, 0.1) is 0 Å². The first-order valence-corrected chi connectivity index (χ1v) is 6.05.